The topological polar surface area (TPSA) is 33.2 Å². The fourth-order valence-electron chi connectivity index (χ4n) is 5.29. The molecule has 36 heavy (non-hydrogen) atoms. The van der Waals surface area contributed by atoms with Crippen molar-refractivity contribution >= 4 is 49.8 Å². The second-order valence-corrected chi connectivity index (χ2v) is 11.0. The molecule has 0 bridgehead atoms. The predicted molar refractivity (Wildman–Crippen MR) is 151 cm³/mol. The summed E-state index contributed by atoms with van der Waals surface area (Å²) in [4.78, 5) is 21.6. The third-order valence-corrected chi connectivity index (χ3v) is 8.84. The molecule has 0 unspecified atom stereocenters. The Morgan fingerprint density at radius 3 is 2.58 bits per heavy atom. The maximum absolute atomic E-state index is 14.0. The first-order valence-corrected chi connectivity index (χ1v) is 13.8. The summed E-state index contributed by atoms with van der Waals surface area (Å²) in [6.45, 7) is 0.565. The van der Waals surface area contributed by atoms with Crippen LogP contribution in [0.4, 0.5) is 0 Å². The minimum absolute atomic E-state index is 0.0438. The Morgan fingerprint density at radius 2 is 1.72 bits per heavy atom. The highest BCUT2D eigenvalue weighted by Crippen LogP contribution is 2.37. The molecule has 5 heteroatoms. The number of benzene rings is 3. The Hall–Kier alpha value is -3.21. The van der Waals surface area contributed by atoms with Gasteiger partial charge in [-0.3, -0.25) is 4.79 Å². The number of halogens is 1. The van der Waals surface area contributed by atoms with Gasteiger partial charge >= 0.3 is 0 Å². The van der Waals surface area contributed by atoms with Gasteiger partial charge in [0.2, 0.25) is 0 Å². The minimum atomic E-state index is 0.0438. The summed E-state index contributed by atoms with van der Waals surface area (Å²) < 4.78 is 1.05. The van der Waals surface area contributed by atoms with Crippen LogP contribution in [0.5, 0.6) is 0 Å². The maximum atomic E-state index is 14.0. The fraction of sp³-hybridized carbons (Fsp3) is 0.226. The number of fused-ring (bicyclic) bond motifs is 2. The molecule has 5 aromatic rings. The number of thiophene rings is 1. The van der Waals surface area contributed by atoms with Crippen molar-refractivity contribution in [3.05, 3.63) is 100 Å². The summed E-state index contributed by atoms with van der Waals surface area (Å²) in [7, 11) is 0. The lowest BCUT2D eigenvalue weighted by atomic mass is 9.93. The standard InChI is InChI=1S/C31H27ClN2OS/c32-29-25-14-5-7-16-28(25)36-30(29)31(35)34(24-12-2-1-3-13-24)20-21-9-8-11-23(19-21)27-18-17-22-10-4-6-15-26(22)33-27/h4-11,14-19,24H,1-3,12-13,20H2. The SMILES string of the molecule is O=C(c1sc2ccccc2c1Cl)N(Cc1cccc(-c2ccc3ccccc3n2)c1)C1CCCCC1. The average molecular weight is 511 g/mol. The number of carbonyl (C=O) groups is 1. The zero-order chi connectivity index (χ0) is 24.5. The normalized spacial score (nSPS) is 14.4. The number of rotatable bonds is 5. The van der Waals surface area contributed by atoms with E-state index in [2.05, 4.69) is 47.4 Å². The lowest BCUT2D eigenvalue weighted by molar-refractivity contribution is 0.0619. The Bertz CT molecular complexity index is 1550. The van der Waals surface area contributed by atoms with Gasteiger partial charge in [-0.15, -0.1) is 11.3 Å². The van der Waals surface area contributed by atoms with Gasteiger partial charge in [0.25, 0.3) is 5.91 Å². The van der Waals surface area contributed by atoms with Gasteiger partial charge in [0.15, 0.2) is 0 Å². The molecule has 0 radical (unpaired) electrons. The highest BCUT2D eigenvalue weighted by Gasteiger charge is 2.29. The predicted octanol–water partition coefficient (Wildman–Crippen LogP) is 8.75. The van der Waals surface area contributed by atoms with Gasteiger partial charge in [-0.1, -0.05) is 91.5 Å². The summed E-state index contributed by atoms with van der Waals surface area (Å²) in [6, 6.07) is 29.0. The number of pyridine rings is 1. The van der Waals surface area contributed by atoms with Gasteiger partial charge < -0.3 is 4.90 Å². The molecule has 180 valence electrons. The Kier molecular flexibility index (Phi) is 6.47. The van der Waals surface area contributed by atoms with Crippen LogP contribution in [0.1, 0.15) is 47.3 Å². The number of nitrogens with zero attached hydrogens (tertiary/aromatic N) is 2. The average Bonchev–Trinajstić information content (AvgIpc) is 3.28. The van der Waals surface area contributed by atoms with Gasteiger partial charge in [0.1, 0.15) is 4.88 Å². The van der Waals surface area contributed by atoms with Gasteiger partial charge in [0.05, 0.1) is 16.2 Å². The number of amides is 1. The van der Waals surface area contributed by atoms with Crippen LogP contribution in [0.2, 0.25) is 5.02 Å². The Balaban J connectivity index is 1.34. The number of carbonyl (C=O) groups excluding carboxylic acids is 1. The molecule has 1 aliphatic rings. The van der Waals surface area contributed by atoms with Gasteiger partial charge in [-0.25, -0.2) is 4.98 Å². The van der Waals surface area contributed by atoms with E-state index < -0.39 is 0 Å². The van der Waals surface area contributed by atoms with Crippen molar-refractivity contribution in [3.63, 3.8) is 0 Å². The molecule has 0 aliphatic heterocycles. The first-order valence-electron chi connectivity index (χ1n) is 12.6. The molecule has 6 rings (SSSR count). The van der Waals surface area contributed by atoms with Gasteiger partial charge in [-0.05, 0) is 42.7 Å². The molecule has 1 fully saturated rings. The van der Waals surface area contributed by atoms with Crippen LogP contribution in [-0.4, -0.2) is 21.8 Å². The number of aromatic nitrogens is 1. The zero-order valence-electron chi connectivity index (χ0n) is 20.0. The molecule has 3 nitrogen and oxygen atoms in total. The highest BCUT2D eigenvalue weighted by molar-refractivity contribution is 7.21. The largest absolute Gasteiger partial charge is 0.331 e. The summed E-state index contributed by atoms with van der Waals surface area (Å²) in [5.74, 6) is 0.0438. The third-order valence-electron chi connectivity index (χ3n) is 7.18. The van der Waals surface area contributed by atoms with E-state index >= 15 is 0 Å². The second kappa shape index (κ2) is 10.0. The molecule has 3 aromatic carbocycles. The molecule has 0 saturated heterocycles. The summed E-state index contributed by atoms with van der Waals surface area (Å²) in [5.41, 5.74) is 4.10. The van der Waals surface area contributed by atoms with Crippen LogP contribution in [0.25, 0.3) is 32.2 Å². The first-order chi connectivity index (χ1) is 17.7. The number of para-hydroxylation sites is 1. The van der Waals surface area contributed by atoms with E-state index in [1.165, 1.54) is 17.8 Å². The number of hydrogen-bond donors (Lipinski definition) is 0. The van der Waals surface area contributed by atoms with E-state index in [4.69, 9.17) is 16.6 Å². The molecule has 0 atom stereocenters. The number of hydrogen-bond acceptors (Lipinski definition) is 3. The molecular weight excluding hydrogens is 484 g/mol. The van der Waals surface area contributed by atoms with E-state index in [9.17, 15) is 4.79 Å². The van der Waals surface area contributed by atoms with Crippen LogP contribution < -0.4 is 0 Å². The quantitative estimate of drug-likeness (QED) is 0.237. The molecule has 2 heterocycles. The Morgan fingerprint density at radius 1 is 0.917 bits per heavy atom. The monoisotopic (exact) mass is 510 g/mol. The third kappa shape index (κ3) is 4.52. The fourth-order valence-corrected chi connectivity index (χ4v) is 6.76. The van der Waals surface area contributed by atoms with Crippen LogP contribution in [0, 0.1) is 0 Å². The smallest absolute Gasteiger partial charge is 0.266 e. The van der Waals surface area contributed by atoms with Crippen LogP contribution in [0.3, 0.4) is 0 Å². The van der Waals surface area contributed by atoms with Crippen LogP contribution in [0.15, 0.2) is 84.9 Å². The highest BCUT2D eigenvalue weighted by atomic mass is 35.5. The van der Waals surface area contributed by atoms with Crippen molar-refractivity contribution in [2.24, 2.45) is 0 Å². The van der Waals surface area contributed by atoms with Gasteiger partial charge in [-0.2, -0.15) is 0 Å². The van der Waals surface area contributed by atoms with E-state index in [-0.39, 0.29) is 11.9 Å². The summed E-state index contributed by atoms with van der Waals surface area (Å²) in [6.07, 6.45) is 5.65. The van der Waals surface area contributed by atoms with Crippen molar-refractivity contribution in [1.29, 1.82) is 0 Å². The maximum Gasteiger partial charge on any atom is 0.266 e. The van der Waals surface area contributed by atoms with Crippen molar-refractivity contribution in [1.82, 2.24) is 9.88 Å². The van der Waals surface area contributed by atoms with Gasteiger partial charge in [0, 0.05) is 33.6 Å². The molecule has 1 saturated carbocycles. The molecule has 2 aromatic heterocycles. The van der Waals surface area contributed by atoms with Crippen molar-refractivity contribution in [2.45, 2.75) is 44.7 Å². The van der Waals surface area contributed by atoms with Crippen LogP contribution in [-0.2, 0) is 6.54 Å². The van der Waals surface area contributed by atoms with Crippen molar-refractivity contribution < 1.29 is 4.79 Å². The first kappa shape index (κ1) is 23.2. The molecule has 0 N–H and O–H groups in total. The lowest BCUT2D eigenvalue weighted by Gasteiger charge is -2.34. The van der Waals surface area contributed by atoms with E-state index in [1.807, 2.05) is 42.5 Å². The van der Waals surface area contributed by atoms with E-state index in [0.717, 1.165) is 63.5 Å². The van der Waals surface area contributed by atoms with Crippen molar-refractivity contribution in [3.8, 4) is 11.3 Å². The molecule has 1 amide bonds. The van der Waals surface area contributed by atoms with Crippen molar-refractivity contribution in [2.75, 3.05) is 0 Å². The zero-order valence-corrected chi connectivity index (χ0v) is 21.6. The Labute approximate surface area is 220 Å². The van der Waals surface area contributed by atoms with E-state index in [0.29, 0.717) is 16.4 Å². The lowest BCUT2D eigenvalue weighted by Crippen LogP contribution is -2.40. The molecular formula is C31H27ClN2OS. The van der Waals surface area contributed by atoms with E-state index in [1.54, 1.807) is 0 Å². The summed E-state index contributed by atoms with van der Waals surface area (Å²) in [5, 5.41) is 2.67. The second-order valence-electron chi connectivity index (χ2n) is 9.56. The molecule has 0 spiro atoms. The summed E-state index contributed by atoms with van der Waals surface area (Å²) >= 11 is 8.25. The molecule has 1 aliphatic carbocycles. The van der Waals surface area contributed by atoms with Crippen LogP contribution >= 0.6 is 22.9 Å². The minimum Gasteiger partial charge on any atom is -0.331 e.